The van der Waals surface area contributed by atoms with Crippen molar-refractivity contribution in [2.75, 3.05) is 6.54 Å². The third-order valence-corrected chi connectivity index (χ3v) is 5.62. The highest BCUT2D eigenvalue weighted by Crippen LogP contribution is 2.28. The summed E-state index contributed by atoms with van der Waals surface area (Å²) in [4.78, 5) is 12.2. The zero-order valence-corrected chi connectivity index (χ0v) is 17.6. The number of hydrogen-bond donors (Lipinski definition) is 2. The number of hydrogen-bond acceptors (Lipinski definition) is 2. The van der Waals surface area contributed by atoms with Gasteiger partial charge in [0.15, 0.2) is 0 Å². The fourth-order valence-electron chi connectivity index (χ4n) is 3.86. The number of nitrogens with one attached hydrogen (secondary N) is 1. The van der Waals surface area contributed by atoms with Gasteiger partial charge in [0.25, 0.3) is 0 Å². The molecule has 1 aromatic heterocycles. The van der Waals surface area contributed by atoms with E-state index in [1.54, 1.807) is 22.8 Å². The molecule has 4 rings (SSSR count). The first-order valence-corrected chi connectivity index (χ1v) is 10.4. The molecule has 158 valence electrons. The van der Waals surface area contributed by atoms with E-state index in [1.165, 1.54) is 6.07 Å². The first kappa shape index (κ1) is 21.1. The van der Waals surface area contributed by atoms with Crippen LogP contribution in [0.2, 0.25) is 5.02 Å². The van der Waals surface area contributed by atoms with Crippen molar-refractivity contribution in [3.63, 3.8) is 0 Å². The number of carbonyl (C=O) groups is 1. The molecule has 3 aromatic carbocycles. The molecule has 4 aromatic rings. The number of aromatic nitrogens is 1. The Bertz CT molecular complexity index is 1220. The predicted molar refractivity (Wildman–Crippen MR) is 121 cm³/mol. The van der Waals surface area contributed by atoms with Crippen molar-refractivity contribution in [2.45, 2.75) is 19.5 Å². The monoisotopic (exact) mass is 436 g/mol. The molecule has 1 heterocycles. The highest BCUT2D eigenvalue weighted by atomic mass is 35.5. The van der Waals surface area contributed by atoms with Crippen molar-refractivity contribution in [1.82, 2.24) is 9.88 Å². The molecule has 6 heteroatoms. The van der Waals surface area contributed by atoms with Crippen molar-refractivity contribution < 1.29 is 14.3 Å². The predicted octanol–water partition coefficient (Wildman–Crippen LogP) is 5.51. The molecule has 0 aliphatic heterocycles. The van der Waals surface area contributed by atoms with Crippen LogP contribution in [-0.4, -0.2) is 22.2 Å². The van der Waals surface area contributed by atoms with Crippen molar-refractivity contribution in [3.8, 4) is 0 Å². The van der Waals surface area contributed by atoms with E-state index in [1.807, 2.05) is 48.5 Å². The summed E-state index contributed by atoms with van der Waals surface area (Å²) in [6.45, 7) is 1.24. The van der Waals surface area contributed by atoms with E-state index >= 15 is 0 Å². The van der Waals surface area contributed by atoms with E-state index in [0.717, 1.165) is 22.9 Å². The Kier molecular flexibility index (Phi) is 6.35. The molecule has 0 bridgehead atoms. The first-order chi connectivity index (χ1) is 15.0. The topological polar surface area (TPSA) is 54.3 Å². The number of halogens is 2. The zero-order chi connectivity index (χ0) is 21.8. The van der Waals surface area contributed by atoms with Gasteiger partial charge in [0.1, 0.15) is 11.5 Å². The third-order valence-electron chi connectivity index (χ3n) is 5.37. The molecule has 0 aliphatic carbocycles. The van der Waals surface area contributed by atoms with Crippen LogP contribution in [0.25, 0.3) is 10.9 Å². The summed E-state index contributed by atoms with van der Waals surface area (Å²) in [5, 5.41) is 14.9. The van der Waals surface area contributed by atoms with E-state index in [2.05, 4.69) is 5.32 Å². The highest BCUT2D eigenvalue weighted by molar-refractivity contribution is 6.30. The maximum Gasteiger partial charge on any atom is 0.352 e. The Morgan fingerprint density at radius 2 is 1.71 bits per heavy atom. The van der Waals surface area contributed by atoms with Crippen LogP contribution < -0.4 is 5.32 Å². The van der Waals surface area contributed by atoms with Gasteiger partial charge >= 0.3 is 5.97 Å². The molecular formula is C25H22ClFN2O2. The highest BCUT2D eigenvalue weighted by Gasteiger charge is 2.22. The summed E-state index contributed by atoms with van der Waals surface area (Å²) in [5.74, 6) is -1.37. The average Bonchev–Trinajstić information content (AvgIpc) is 3.08. The van der Waals surface area contributed by atoms with Crippen molar-refractivity contribution in [1.29, 1.82) is 0 Å². The van der Waals surface area contributed by atoms with Crippen molar-refractivity contribution in [3.05, 3.63) is 106 Å². The van der Waals surface area contributed by atoms with E-state index in [0.29, 0.717) is 29.2 Å². The maximum absolute atomic E-state index is 14.3. The average molecular weight is 437 g/mol. The molecule has 0 amide bonds. The summed E-state index contributed by atoms with van der Waals surface area (Å²) in [7, 11) is 0. The first-order valence-electron chi connectivity index (χ1n) is 10.1. The lowest BCUT2D eigenvalue weighted by atomic mass is 10.1. The molecule has 31 heavy (non-hydrogen) atoms. The number of para-hydroxylation sites is 1. The van der Waals surface area contributed by atoms with Gasteiger partial charge in [-0.1, -0.05) is 60.1 Å². The molecule has 0 fully saturated rings. The molecule has 0 aliphatic rings. The van der Waals surface area contributed by atoms with E-state index in [9.17, 15) is 14.3 Å². The quantitative estimate of drug-likeness (QED) is 0.358. The Labute approximate surface area is 184 Å². The van der Waals surface area contributed by atoms with Gasteiger partial charge < -0.3 is 15.0 Å². The molecule has 0 saturated carbocycles. The van der Waals surface area contributed by atoms with Crippen molar-refractivity contribution in [2.24, 2.45) is 0 Å². The minimum atomic E-state index is -1.03. The maximum atomic E-state index is 14.3. The SMILES string of the molecule is O=C(O)c1c(CNCCc2ccc(Cl)cc2)c2ccccc2n1Cc1ccccc1F. The minimum absolute atomic E-state index is 0.152. The number of rotatable bonds is 8. The second-order valence-electron chi connectivity index (χ2n) is 7.38. The van der Waals surface area contributed by atoms with Gasteiger partial charge in [-0.05, 0) is 42.8 Å². The van der Waals surface area contributed by atoms with Crippen molar-refractivity contribution >= 4 is 28.5 Å². The summed E-state index contributed by atoms with van der Waals surface area (Å²) in [5.41, 5.74) is 3.27. The van der Waals surface area contributed by atoms with E-state index in [4.69, 9.17) is 11.6 Å². The third kappa shape index (κ3) is 4.63. The summed E-state index contributed by atoms with van der Waals surface area (Å²) in [6.07, 6.45) is 0.799. The number of carboxylic acids is 1. The van der Waals surface area contributed by atoms with E-state index in [-0.39, 0.29) is 18.1 Å². The van der Waals surface area contributed by atoms with Crippen LogP contribution in [0.15, 0.2) is 72.8 Å². The summed E-state index contributed by atoms with van der Waals surface area (Å²) < 4.78 is 16.0. The Morgan fingerprint density at radius 3 is 2.45 bits per heavy atom. The largest absolute Gasteiger partial charge is 0.477 e. The summed E-state index contributed by atoms with van der Waals surface area (Å²) in [6, 6.07) is 21.7. The van der Waals surface area contributed by atoms with Crippen LogP contribution in [0.1, 0.15) is 27.2 Å². The Balaban J connectivity index is 1.61. The van der Waals surface area contributed by atoms with Crippen LogP contribution in [-0.2, 0) is 19.5 Å². The van der Waals surface area contributed by atoms with Crippen LogP contribution in [0.5, 0.6) is 0 Å². The number of benzene rings is 3. The second-order valence-corrected chi connectivity index (χ2v) is 7.82. The lowest BCUT2D eigenvalue weighted by Gasteiger charge is -2.11. The number of aromatic carboxylic acids is 1. The summed E-state index contributed by atoms with van der Waals surface area (Å²) >= 11 is 5.93. The molecule has 0 radical (unpaired) electrons. The number of fused-ring (bicyclic) bond motifs is 1. The Hall–Kier alpha value is -3.15. The molecule has 0 saturated heterocycles. The smallest absolute Gasteiger partial charge is 0.352 e. The van der Waals surface area contributed by atoms with Gasteiger partial charge in [-0.25, -0.2) is 9.18 Å². The standard InChI is InChI=1S/C25H22ClFN2O2/c26-19-11-9-17(10-12-19)13-14-28-15-21-20-6-2-4-8-23(20)29(24(21)25(30)31)16-18-5-1-3-7-22(18)27/h1-12,28H,13-16H2,(H,30,31). The Morgan fingerprint density at radius 1 is 1.00 bits per heavy atom. The molecule has 4 nitrogen and oxygen atoms in total. The van der Waals surface area contributed by atoms with Gasteiger partial charge in [-0.2, -0.15) is 0 Å². The lowest BCUT2D eigenvalue weighted by Crippen LogP contribution is -2.19. The minimum Gasteiger partial charge on any atom is -0.477 e. The van der Waals surface area contributed by atoms with Gasteiger partial charge in [0.2, 0.25) is 0 Å². The van der Waals surface area contributed by atoms with Crippen LogP contribution in [0.4, 0.5) is 4.39 Å². The fourth-order valence-corrected chi connectivity index (χ4v) is 3.98. The molecule has 0 atom stereocenters. The lowest BCUT2D eigenvalue weighted by molar-refractivity contribution is 0.0684. The second kappa shape index (κ2) is 9.33. The molecular weight excluding hydrogens is 415 g/mol. The number of carboxylic acid groups (broad SMARTS) is 1. The zero-order valence-electron chi connectivity index (χ0n) is 16.8. The van der Waals surface area contributed by atoms with Crippen LogP contribution in [0, 0.1) is 5.82 Å². The fraction of sp³-hybridized carbons (Fsp3) is 0.160. The van der Waals surface area contributed by atoms with Crippen LogP contribution in [0.3, 0.4) is 0 Å². The van der Waals surface area contributed by atoms with Gasteiger partial charge in [-0.15, -0.1) is 0 Å². The molecule has 2 N–H and O–H groups in total. The number of nitrogens with zero attached hydrogens (tertiary/aromatic N) is 1. The van der Waals surface area contributed by atoms with Crippen LogP contribution >= 0.6 is 11.6 Å². The van der Waals surface area contributed by atoms with Gasteiger partial charge in [-0.3, -0.25) is 0 Å². The van der Waals surface area contributed by atoms with Gasteiger partial charge in [0, 0.05) is 33.6 Å². The van der Waals surface area contributed by atoms with E-state index < -0.39 is 5.97 Å². The normalized spacial score (nSPS) is 11.2. The van der Waals surface area contributed by atoms with Gasteiger partial charge in [0.05, 0.1) is 6.54 Å². The molecule has 0 unspecified atom stereocenters. The molecule has 0 spiro atoms.